The van der Waals surface area contributed by atoms with E-state index in [9.17, 15) is 0 Å². The highest BCUT2D eigenvalue weighted by atomic mass is 16.5. The Labute approximate surface area is 130 Å². The minimum atomic E-state index is -0.0377. The molecule has 0 saturated carbocycles. The molecule has 3 atom stereocenters. The lowest BCUT2D eigenvalue weighted by atomic mass is 9.94. The maximum absolute atomic E-state index is 6.37. The van der Waals surface area contributed by atoms with Gasteiger partial charge < -0.3 is 20.9 Å². The molecular weight excluding hydrogens is 278 g/mol. The number of hydrogen-bond acceptors (Lipinski definition) is 5. The Kier molecular flexibility index (Phi) is 4.57. The summed E-state index contributed by atoms with van der Waals surface area (Å²) in [6.45, 7) is 0.600. The van der Waals surface area contributed by atoms with Crippen LogP contribution in [0.15, 0.2) is 30.5 Å². The Morgan fingerprint density at radius 3 is 2.95 bits per heavy atom. The molecular formula is C17H23N3O2. The van der Waals surface area contributed by atoms with E-state index in [0.717, 1.165) is 35.9 Å². The fraction of sp³-hybridized carbons (Fsp3) is 0.471. The number of nitrogens with two attached hydrogens (primary N) is 2. The molecule has 1 unspecified atom stereocenters. The fourth-order valence-corrected chi connectivity index (χ4v) is 3.00. The van der Waals surface area contributed by atoms with Crippen molar-refractivity contribution >= 4 is 10.9 Å². The molecule has 22 heavy (non-hydrogen) atoms. The van der Waals surface area contributed by atoms with E-state index >= 15 is 0 Å². The second-order valence-electron chi connectivity index (χ2n) is 5.93. The highest BCUT2D eigenvalue weighted by Crippen LogP contribution is 2.25. The number of pyridine rings is 1. The van der Waals surface area contributed by atoms with Crippen LogP contribution in [0, 0.1) is 0 Å². The summed E-state index contributed by atoms with van der Waals surface area (Å²) in [5.41, 5.74) is 14.4. The summed E-state index contributed by atoms with van der Waals surface area (Å²) < 4.78 is 11.1. The van der Waals surface area contributed by atoms with Crippen LogP contribution in [0.2, 0.25) is 0 Å². The molecule has 1 fully saturated rings. The number of methoxy groups -OCH3 is 1. The number of aromatic nitrogens is 1. The quantitative estimate of drug-likeness (QED) is 0.896. The first-order valence-corrected chi connectivity index (χ1v) is 7.72. The van der Waals surface area contributed by atoms with Crippen LogP contribution < -0.4 is 16.2 Å². The maximum atomic E-state index is 6.37. The normalized spacial score (nSPS) is 23.4. The largest absolute Gasteiger partial charge is 0.497 e. The molecule has 1 saturated heterocycles. The van der Waals surface area contributed by atoms with E-state index in [1.165, 1.54) is 5.56 Å². The molecule has 4 N–H and O–H groups in total. The second kappa shape index (κ2) is 6.60. The molecule has 3 rings (SSSR count). The standard InChI is InChI=1S/C17H23N3O2/c1-21-13-3-4-16-14(9-13)11(6-7-20-16)8-15(19)17-5-2-12(18)10-22-17/h3-4,6-7,9,12,15,17H,2,5,8,10,18-19H2,1H3/t12-,15?,17+/m1/s1. The molecule has 1 aromatic carbocycles. The topological polar surface area (TPSA) is 83.4 Å². The van der Waals surface area contributed by atoms with Crippen molar-refractivity contribution in [2.45, 2.75) is 37.5 Å². The van der Waals surface area contributed by atoms with Crippen LogP contribution >= 0.6 is 0 Å². The van der Waals surface area contributed by atoms with Crippen LogP contribution in [-0.4, -0.2) is 36.9 Å². The van der Waals surface area contributed by atoms with E-state index < -0.39 is 0 Å². The Balaban J connectivity index is 1.80. The molecule has 2 aromatic rings. The van der Waals surface area contributed by atoms with Gasteiger partial charge in [0.25, 0.3) is 0 Å². The van der Waals surface area contributed by atoms with Crippen molar-refractivity contribution in [3.8, 4) is 5.75 Å². The van der Waals surface area contributed by atoms with E-state index in [-0.39, 0.29) is 18.2 Å². The average Bonchev–Trinajstić information content (AvgIpc) is 2.55. The SMILES string of the molecule is COc1ccc2nccc(CC(N)[C@@H]3CC[C@@H](N)CO3)c2c1. The van der Waals surface area contributed by atoms with Gasteiger partial charge in [0, 0.05) is 23.7 Å². The van der Waals surface area contributed by atoms with Gasteiger partial charge in [-0.25, -0.2) is 0 Å². The molecule has 0 radical (unpaired) electrons. The summed E-state index contributed by atoms with van der Waals surface area (Å²) in [6, 6.07) is 8.04. The molecule has 1 aliphatic heterocycles. The number of ether oxygens (including phenoxy) is 2. The summed E-state index contributed by atoms with van der Waals surface area (Å²) in [6.07, 6.45) is 4.56. The van der Waals surface area contributed by atoms with Crippen LogP contribution in [0.5, 0.6) is 5.75 Å². The van der Waals surface area contributed by atoms with Crippen molar-refractivity contribution in [3.05, 3.63) is 36.0 Å². The van der Waals surface area contributed by atoms with Gasteiger partial charge in [0.2, 0.25) is 0 Å². The van der Waals surface area contributed by atoms with E-state index in [0.29, 0.717) is 6.61 Å². The van der Waals surface area contributed by atoms with E-state index in [1.54, 1.807) is 7.11 Å². The van der Waals surface area contributed by atoms with Crippen LogP contribution in [0.25, 0.3) is 10.9 Å². The first-order valence-electron chi connectivity index (χ1n) is 7.72. The lowest BCUT2D eigenvalue weighted by molar-refractivity contribution is -0.00904. The number of fused-ring (bicyclic) bond motifs is 1. The van der Waals surface area contributed by atoms with Gasteiger partial charge in [-0.15, -0.1) is 0 Å². The first kappa shape index (κ1) is 15.2. The number of hydrogen-bond donors (Lipinski definition) is 2. The van der Waals surface area contributed by atoms with Crippen LogP contribution in [0.4, 0.5) is 0 Å². The zero-order valence-electron chi connectivity index (χ0n) is 12.9. The van der Waals surface area contributed by atoms with Gasteiger partial charge in [-0.05, 0) is 49.1 Å². The van der Waals surface area contributed by atoms with Crippen LogP contribution in [-0.2, 0) is 11.2 Å². The van der Waals surface area contributed by atoms with Gasteiger partial charge in [-0.2, -0.15) is 0 Å². The van der Waals surface area contributed by atoms with E-state index in [1.807, 2.05) is 30.5 Å². The Morgan fingerprint density at radius 1 is 1.36 bits per heavy atom. The molecule has 0 amide bonds. The average molecular weight is 301 g/mol. The monoisotopic (exact) mass is 301 g/mol. The van der Waals surface area contributed by atoms with Gasteiger partial charge in [0.15, 0.2) is 0 Å². The van der Waals surface area contributed by atoms with Crippen molar-refractivity contribution in [1.29, 1.82) is 0 Å². The van der Waals surface area contributed by atoms with E-state index in [4.69, 9.17) is 20.9 Å². The Hall–Kier alpha value is -1.69. The second-order valence-corrected chi connectivity index (χ2v) is 5.93. The minimum absolute atomic E-state index is 0.0377. The van der Waals surface area contributed by atoms with Crippen LogP contribution in [0.1, 0.15) is 18.4 Å². The molecule has 5 nitrogen and oxygen atoms in total. The molecule has 5 heteroatoms. The van der Waals surface area contributed by atoms with Gasteiger partial charge in [-0.1, -0.05) is 0 Å². The lowest BCUT2D eigenvalue weighted by Crippen LogP contribution is -2.45. The lowest BCUT2D eigenvalue weighted by Gasteiger charge is -2.31. The third kappa shape index (κ3) is 3.21. The summed E-state index contributed by atoms with van der Waals surface area (Å²) >= 11 is 0. The number of benzene rings is 1. The smallest absolute Gasteiger partial charge is 0.119 e. The van der Waals surface area contributed by atoms with Gasteiger partial charge >= 0.3 is 0 Å². The molecule has 1 aliphatic rings. The third-order valence-corrected chi connectivity index (χ3v) is 4.32. The summed E-state index contributed by atoms with van der Waals surface area (Å²) in [7, 11) is 1.67. The van der Waals surface area contributed by atoms with Gasteiger partial charge in [0.1, 0.15) is 5.75 Å². The Bertz CT molecular complexity index is 639. The fourth-order valence-electron chi connectivity index (χ4n) is 3.00. The van der Waals surface area contributed by atoms with Crippen molar-refractivity contribution < 1.29 is 9.47 Å². The van der Waals surface area contributed by atoms with Crippen LogP contribution in [0.3, 0.4) is 0 Å². The third-order valence-electron chi connectivity index (χ3n) is 4.32. The number of nitrogens with zero attached hydrogens (tertiary/aromatic N) is 1. The zero-order valence-corrected chi connectivity index (χ0v) is 12.9. The van der Waals surface area contributed by atoms with Gasteiger partial charge in [-0.3, -0.25) is 4.98 Å². The first-order chi connectivity index (χ1) is 10.7. The summed E-state index contributed by atoms with van der Waals surface area (Å²) in [5, 5.41) is 1.09. The highest BCUT2D eigenvalue weighted by molar-refractivity contribution is 5.83. The minimum Gasteiger partial charge on any atom is -0.497 e. The maximum Gasteiger partial charge on any atom is 0.119 e. The summed E-state index contributed by atoms with van der Waals surface area (Å²) in [5.74, 6) is 0.829. The predicted molar refractivity (Wildman–Crippen MR) is 86.9 cm³/mol. The van der Waals surface area contributed by atoms with Crippen molar-refractivity contribution in [3.63, 3.8) is 0 Å². The number of rotatable bonds is 4. The molecule has 1 aromatic heterocycles. The van der Waals surface area contributed by atoms with Crippen molar-refractivity contribution in [2.75, 3.05) is 13.7 Å². The molecule has 118 valence electrons. The molecule has 0 bridgehead atoms. The highest BCUT2D eigenvalue weighted by Gasteiger charge is 2.25. The zero-order chi connectivity index (χ0) is 15.5. The van der Waals surface area contributed by atoms with Crippen molar-refractivity contribution in [2.24, 2.45) is 11.5 Å². The molecule has 2 heterocycles. The molecule has 0 spiro atoms. The van der Waals surface area contributed by atoms with E-state index in [2.05, 4.69) is 4.98 Å². The molecule has 0 aliphatic carbocycles. The van der Waals surface area contributed by atoms with Crippen molar-refractivity contribution in [1.82, 2.24) is 4.98 Å². The predicted octanol–water partition coefficient (Wildman–Crippen LogP) is 1.62. The Morgan fingerprint density at radius 2 is 2.23 bits per heavy atom. The van der Waals surface area contributed by atoms with Gasteiger partial charge in [0.05, 0.1) is 25.3 Å². The summed E-state index contributed by atoms with van der Waals surface area (Å²) in [4.78, 5) is 4.40.